The molecule has 1 atom stereocenters. The molecule has 2 amide bonds. The summed E-state index contributed by atoms with van der Waals surface area (Å²) in [6.45, 7) is 1.50. The highest BCUT2D eigenvalue weighted by molar-refractivity contribution is 5.95. The molecule has 0 saturated carbocycles. The molecule has 1 aromatic carbocycles. The summed E-state index contributed by atoms with van der Waals surface area (Å²) in [6, 6.07) is 7.60. The molecule has 2 aromatic heterocycles. The van der Waals surface area contributed by atoms with Crippen molar-refractivity contribution in [3.63, 3.8) is 0 Å². The van der Waals surface area contributed by atoms with Crippen molar-refractivity contribution in [2.45, 2.75) is 19.4 Å². The maximum Gasteiger partial charge on any atom is 0.317 e. The van der Waals surface area contributed by atoms with Crippen molar-refractivity contribution in [2.24, 2.45) is 13.0 Å². The summed E-state index contributed by atoms with van der Waals surface area (Å²) in [5.74, 6) is 0.237. The quantitative estimate of drug-likeness (QED) is 0.667. The third kappa shape index (κ3) is 4.18. The number of carbonyl (C=O) groups excluding carboxylic acids is 2. The van der Waals surface area contributed by atoms with Gasteiger partial charge in [-0.2, -0.15) is 5.10 Å². The largest absolute Gasteiger partial charge is 0.334 e. The highest BCUT2D eigenvalue weighted by Gasteiger charge is 2.30. The lowest BCUT2D eigenvalue weighted by atomic mass is 9.93. The number of benzene rings is 1. The van der Waals surface area contributed by atoms with E-state index >= 15 is 0 Å². The molecule has 9 heteroatoms. The van der Waals surface area contributed by atoms with Gasteiger partial charge in [-0.25, -0.2) is 19.4 Å². The first-order chi connectivity index (χ1) is 14.1. The lowest BCUT2D eigenvalue weighted by Gasteiger charge is -2.31. The number of nitrogens with zero attached hydrogens (tertiary/aromatic N) is 6. The summed E-state index contributed by atoms with van der Waals surface area (Å²) in [5, 5.41) is 7.04. The van der Waals surface area contributed by atoms with E-state index < -0.39 is 0 Å². The minimum absolute atomic E-state index is 0.00120. The Hall–Kier alpha value is -3.49. The van der Waals surface area contributed by atoms with Gasteiger partial charge in [0.05, 0.1) is 5.69 Å². The standard InChI is InChI=1S/C20H23N7O2/c1-25-10-8-22-19(25)18(28)16-3-2-9-26(12-16)20(29)23-11-15-4-6-17(7-5-15)27-14-21-13-24-27/h4-8,10,13-14,16H,2-3,9,11-12H2,1H3,(H,23,29). The van der Waals surface area contributed by atoms with Crippen LogP contribution in [0.1, 0.15) is 29.0 Å². The fraction of sp³-hybridized carbons (Fsp3) is 0.350. The smallest absolute Gasteiger partial charge is 0.317 e. The van der Waals surface area contributed by atoms with E-state index in [2.05, 4.69) is 20.4 Å². The van der Waals surface area contributed by atoms with Gasteiger partial charge in [0.15, 0.2) is 5.82 Å². The second-order valence-corrected chi connectivity index (χ2v) is 7.18. The normalized spacial score (nSPS) is 16.6. The SMILES string of the molecule is Cn1ccnc1C(=O)C1CCCN(C(=O)NCc2ccc(-n3cncn3)cc2)C1. The van der Waals surface area contributed by atoms with Gasteiger partial charge in [0.25, 0.3) is 0 Å². The van der Waals surface area contributed by atoms with Gasteiger partial charge in [0.1, 0.15) is 12.7 Å². The maximum atomic E-state index is 12.7. The minimum Gasteiger partial charge on any atom is -0.334 e. The number of rotatable bonds is 5. The van der Waals surface area contributed by atoms with E-state index in [1.165, 1.54) is 6.33 Å². The predicted molar refractivity (Wildman–Crippen MR) is 105 cm³/mol. The highest BCUT2D eigenvalue weighted by Crippen LogP contribution is 2.20. The molecule has 0 spiro atoms. The Balaban J connectivity index is 1.32. The number of piperidine rings is 1. The molecular formula is C20H23N7O2. The van der Waals surface area contributed by atoms with Crippen molar-refractivity contribution >= 4 is 11.8 Å². The van der Waals surface area contributed by atoms with E-state index in [0.717, 1.165) is 24.1 Å². The molecular weight excluding hydrogens is 370 g/mol. The Morgan fingerprint density at radius 1 is 1.24 bits per heavy atom. The van der Waals surface area contributed by atoms with Gasteiger partial charge in [-0.05, 0) is 30.5 Å². The third-order valence-corrected chi connectivity index (χ3v) is 5.18. The monoisotopic (exact) mass is 393 g/mol. The van der Waals surface area contributed by atoms with Crippen LogP contribution in [0.5, 0.6) is 0 Å². The second kappa shape index (κ2) is 8.26. The predicted octanol–water partition coefficient (Wildman–Crippen LogP) is 1.81. The zero-order chi connectivity index (χ0) is 20.2. The molecule has 0 aliphatic carbocycles. The lowest BCUT2D eigenvalue weighted by Crippen LogP contribution is -2.47. The van der Waals surface area contributed by atoms with Crippen LogP contribution in [-0.2, 0) is 13.6 Å². The fourth-order valence-corrected chi connectivity index (χ4v) is 3.56. The summed E-state index contributed by atoms with van der Waals surface area (Å²) >= 11 is 0. The van der Waals surface area contributed by atoms with Crippen molar-refractivity contribution in [3.8, 4) is 5.69 Å². The van der Waals surface area contributed by atoms with Gasteiger partial charge >= 0.3 is 6.03 Å². The number of hydrogen-bond acceptors (Lipinski definition) is 5. The molecule has 1 aliphatic heterocycles. The Morgan fingerprint density at radius 2 is 2.07 bits per heavy atom. The van der Waals surface area contributed by atoms with Crippen LogP contribution in [0.25, 0.3) is 5.69 Å². The molecule has 1 aliphatic rings. The third-order valence-electron chi connectivity index (χ3n) is 5.18. The second-order valence-electron chi connectivity index (χ2n) is 7.18. The van der Waals surface area contributed by atoms with Crippen molar-refractivity contribution in [3.05, 3.63) is 60.7 Å². The molecule has 4 rings (SSSR count). The van der Waals surface area contributed by atoms with Crippen molar-refractivity contribution in [1.82, 2.24) is 34.5 Å². The van der Waals surface area contributed by atoms with Gasteiger partial charge in [-0.15, -0.1) is 0 Å². The van der Waals surface area contributed by atoms with Crippen molar-refractivity contribution in [1.29, 1.82) is 0 Å². The number of nitrogens with one attached hydrogen (secondary N) is 1. The van der Waals surface area contributed by atoms with E-state index in [1.807, 2.05) is 31.3 Å². The zero-order valence-corrected chi connectivity index (χ0v) is 16.2. The van der Waals surface area contributed by atoms with E-state index in [4.69, 9.17) is 0 Å². The average Bonchev–Trinajstić information content (AvgIpc) is 3.44. The maximum absolute atomic E-state index is 12.7. The molecule has 1 N–H and O–H groups in total. The number of Topliss-reactive ketones (excluding diaryl/α,β-unsaturated/α-hetero) is 1. The number of hydrogen-bond donors (Lipinski definition) is 1. The molecule has 3 aromatic rings. The average molecular weight is 393 g/mol. The van der Waals surface area contributed by atoms with Crippen LogP contribution in [-0.4, -0.2) is 54.1 Å². The number of likely N-dealkylation sites (tertiary alicyclic amines) is 1. The molecule has 0 bridgehead atoms. The van der Waals surface area contributed by atoms with Crippen LogP contribution < -0.4 is 5.32 Å². The van der Waals surface area contributed by atoms with Crippen LogP contribution in [0, 0.1) is 5.92 Å². The molecule has 9 nitrogen and oxygen atoms in total. The van der Waals surface area contributed by atoms with E-state index in [9.17, 15) is 9.59 Å². The molecule has 3 heterocycles. The first kappa shape index (κ1) is 18.9. The Kier molecular flexibility index (Phi) is 5.37. The van der Waals surface area contributed by atoms with E-state index in [0.29, 0.717) is 25.5 Å². The first-order valence-corrected chi connectivity index (χ1v) is 9.60. The molecule has 150 valence electrons. The Morgan fingerprint density at radius 3 is 2.76 bits per heavy atom. The van der Waals surface area contributed by atoms with Crippen LogP contribution >= 0.6 is 0 Å². The summed E-state index contributed by atoms with van der Waals surface area (Å²) in [7, 11) is 1.81. The van der Waals surface area contributed by atoms with Gasteiger partial charge in [-0.1, -0.05) is 12.1 Å². The summed E-state index contributed by atoms with van der Waals surface area (Å²) in [6.07, 6.45) is 8.08. The summed E-state index contributed by atoms with van der Waals surface area (Å²) in [4.78, 5) is 35.1. The molecule has 1 saturated heterocycles. The number of aryl methyl sites for hydroxylation is 1. The van der Waals surface area contributed by atoms with Gasteiger partial charge in [-0.3, -0.25) is 4.79 Å². The number of amides is 2. The fourth-order valence-electron chi connectivity index (χ4n) is 3.56. The van der Waals surface area contributed by atoms with Crippen molar-refractivity contribution < 1.29 is 9.59 Å². The van der Waals surface area contributed by atoms with Crippen LogP contribution in [0.2, 0.25) is 0 Å². The Labute approximate surface area is 168 Å². The molecule has 0 radical (unpaired) electrons. The molecule has 1 unspecified atom stereocenters. The molecule has 29 heavy (non-hydrogen) atoms. The number of ketones is 1. The highest BCUT2D eigenvalue weighted by atomic mass is 16.2. The van der Waals surface area contributed by atoms with Crippen LogP contribution in [0.4, 0.5) is 4.79 Å². The van der Waals surface area contributed by atoms with Gasteiger partial charge in [0.2, 0.25) is 5.78 Å². The van der Waals surface area contributed by atoms with Crippen LogP contribution in [0.3, 0.4) is 0 Å². The molecule has 1 fully saturated rings. The topological polar surface area (TPSA) is 97.9 Å². The van der Waals surface area contributed by atoms with Crippen molar-refractivity contribution in [2.75, 3.05) is 13.1 Å². The minimum atomic E-state index is -0.211. The summed E-state index contributed by atoms with van der Waals surface area (Å²) in [5.41, 5.74) is 1.89. The van der Waals surface area contributed by atoms with Gasteiger partial charge < -0.3 is 14.8 Å². The van der Waals surface area contributed by atoms with E-state index in [1.54, 1.807) is 32.9 Å². The lowest BCUT2D eigenvalue weighted by molar-refractivity contribution is 0.0831. The zero-order valence-electron chi connectivity index (χ0n) is 16.2. The van der Waals surface area contributed by atoms with Gasteiger partial charge in [0, 0.05) is 45.0 Å². The summed E-state index contributed by atoms with van der Waals surface area (Å²) < 4.78 is 3.40. The Bertz CT molecular complexity index is 979. The number of carbonyl (C=O) groups is 2. The number of imidazole rings is 1. The van der Waals surface area contributed by atoms with E-state index in [-0.39, 0.29) is 17.7 Å². The van der Waals surface area contributed by atoms with Crippen LogP contribution in [0.15, 0.2) is 49.3 Å². The number of aromatic nitrogens is 5. The first-order valence-electron chi connectivity index (χ1n) is 9.60. The number of urea groups is 1.